The van der Waals surface area contributed by atoms with Crippen LogP contribution in [0.2, 0.25) is 0 Å². The molecule has 1 fully saturated rings. The van der Waals surface area contributed by atoms with Crippen molar-refractivity contribution in [3.05, 3.63) is 22.4 Å². The summed E-state index contributed by atoms with van der Waals surface area (Å²) in [6.07, 6.45) is 0.815. The zero-order valence-corrected chi connectivity index (χ0v) is 13.2. The van der Waals surface area contributed by atoms with E-state index in [0.29, 0.717) is 0 Å². The molecule has 0 aromatic carbocycles. The van der Waals surface area contributed by atoms with Crippen molar-refractivity contribution < 1.29 is 9.59 Å². The second-order valence-electron chi connectivity index (χ2n) is 5.60. The number of piperazine rings is 1. The smallest absolute Gasteiger partial charge is 0.246 e. The van der Waals surface area contributed by atoms with E-state index in [9.17, 15) is 9.59 Å². The van der Waals surface area contributed by atoms with Crippen molar-refractivity contribution in [1.82, 2.24) is 10.2 Å². The average Bonchev–Trinajstić information content (AvgIpc) is 2.89. The van der Waals surface area contributed by atoms with Crippen LogP contribution in [0.3, 0.4) is 0 Å². The van der Waals surface area contributed by atoms with Crippen molar-refractivity contribution in [2.45, 2.75) is 52.2 Å². The Kier molecular flexibility index (Phi) is 4.48. The highest BCUT2D eigenvalue weighted by Crippen LogP contribution is 2.33. The van der Waals surface area contributed by atoms with Gasteiger partial charge in [0.15, 0.2) is 0 Å². The number of carbonyl (C=O) groups is 2. The standard InChI is InChI=1S/C15H22N2O2S/c1-5-11(12-7-6-8-20-12)17-13(9(2)3)14(18)16-10(4)15(17)19/h6-11,13H,5H2,1-4H3,(H,16,18). The number of hydrogen-bond donors (Lipinski definition) is 1. The van der Waals surface area contributed by atoms with Gasteiger partial charge in [-0.1, -0.05) is 26.8 Å². The summed E-state index contributed by atoms with van der Waals surface area (Å²) in [5.41, 5.74) is 0. The van der Waals surface area contributed by atoms with Crippen LogP contribution in [0.1, 0.15) is 45.0 Å². The van der Waals surface area contributed by atoms with Crippen molar-refractivity contribution in [2.75, 3.05) is 0 Å². The molecule has 1 aromatic heterocycles. The molecule has 4 nitrogen and oxygen atoms in total. The topological polar surface area (TPSA) is 49.4 Å². The molecule has 3 unspecified atom stereocenters. The lowest BCUT2D eigenvalue weighted by Gasteiger charge is -2.44. The molecule has 1 aliphatic rings. The Hall–Kier alpha value is -1.36. The Labute approximate surface area is 124 Å². The van der Waals surface area contributed by atoms with Crippen LogP contribution < -0.4 is 5.32 Å². The fraction of sp³-hybridized carbons (Fsp3) is 0.600. The lowest BCUT2D eigenvalue weighted by molar-refractivity contribution is -0.153. The Bertz CT molecular complexity index is 484. The van der Waals surface area contributed by atoms with Crippen molar-refractivity contribution in [1.29, 1.82) is 0 Å². The molecular formula is C15H22N2O2S. The molecule has 0 radical (unpaired) electrons. The lowest BCUT2D eigenvalue weighted by atomic mass is 9.94. The zero-order chi connectivity index (χ0) is 14.9. The lowest BCUT2D eigenvalue weighted by Crippen LogP contribution is -2.64. The van der Waals surface area contributed by atoms with Crippen LogP contribution in [-0.2, 0) is 9.59 Å². The Balaban J connectivity index is 2.41. The molecule has 1 aliphatic heterocycles. The number of nitrogens with one attached hydrogen (secondary N) is 1. The fourth-order valence-corrected chi connectivity index (χ4v) is 3.74. The summed E-state index contributed by atoms with van der Waals surface area (Å²) >= 11 is 1.64. The number of amides is 2. The monoisotopic (exact) mass is 294 g/mol. The van der Waals surface area contributed by atoms with Crippen LogP contribution >= 0.6 is 11.3 Å². The summed E-state index contributed by atoms with van der Waals surface area (Å²) < 4.78 is 0. The highest BCUT2D eigenvalue weighted by Gasteiger charge is 2.43. The maximum Gasteiger partial charge on any atom is 0.246 e. The Morgan fingerprint density at radius 3 is 2.60 bits per heavy atom. The second kappa shape index (κ2) is 5.95. The molecule has 0 aliphatic carbocycles. The molecule has 1 aromatic rings. The van der Waals surface area contributed by atoms with E-state index in [1.165, 1.54) is 0 Å². The van der Waals surface area contributed by atoms with Crippen LogP contribution in [-0.4, -0.2) is 28.8 Å². The third-order valence-corrected chi connectivity index (χ3v) is 4.75. The Morgan fingerprint density at radius 2 is 2.10 bits per heavy atom. The fourth-order valence-electron chi connectivity index (χ4n) is 2.83. The molecule has 0 bridgehead atoms. The minimum absolute atomic E-state index is 0.0107. The summed E-state index contributed by atoms with van der Waals surface area (Å²) in [6, 6.07) is 3.20. The molecule has 1 N–H and O–H groups in total. The normalized spacial score (nSPS) is 24.9. The van der Waals surface area contributed by atoms with Gasteiger partial charge >= 0.3 is 0 Å². The third kappa shape index (κ3) is 2.59. The van der Waals surface area contributed by atoms with E-state index in [4.69, 9.17) is 0 Å². The highest BCUT2D eigenvalue weighted by atomic mass is 32.1. The van der Waals surface area contributed by atoms with E-state index in [1.54, 1.807) is 23.2 Å². The molecule has 110 valence electrons. The van der Waals surface area contributed by atoms with Gasteiger partial charge in [0, 0.05) is 4.88 Å². The van der Waals surface area contributed by atoms with Gasteiger partial charge in [0.2, 0.25) is 11.8 Å². The van der Waals surface area contributed by atoms with Crippen LogP contribution in [0.25, 0.3) is 0 Å². The predicted octanol–water partition coefficient (Wildman–Crippen LogP) is 2.57. The number of nitrogens with zero attached hydrogens (tertiary/aromatic N) is 1. The van der Waals surface area contributed by atoms with E-state index in [-0.39, 0.29) is 29.8 Å². The molecule has 2 heterocycles. The van der Waals surface area contributed by atoms with Crippen molar-refractivity contribution in [2.24, 2.45) is 5.92 Å². The van der Waals surface area contributed by atoms with Gasteiger partial charge in [-0.05, 0) is 30.7 Å². The van der Waals surface area contributed by atoms with Gasteiger partial charge in [-0.25, -0.2) is 0 Å². The minimum Gasteiger partial charge on any atom is -0.343 e. The van der Waals surface area contributed by atoms with Gasteiger partial charge in [-0.3, -0.25) is 9.59 Å². The van der Waals surface area contributed by atoms with Crippen LogP contribution in [0, 0.1) is 5.92 Å². The van der Waals surface area contributed by atoms with Gasteiger partial charge in [-0.2, -0.15) is 0 Å². The average molecular weight is 294 g/mol. The van der Waals surface area contributed by atoms with Gasteiger partial charge in [0.05, 0.1) is 6.04 Å². The molecular weight excluding hydrogens is 272 g/mol. The minimum atomic E-state index is -0.438. The first kappa shape index (κ1) is 15.0. The number of carbonyl (C=O) groups excluding carboxylic acids is 2. The molecule has 20 heavy (non-hydrogen) atoms. The number of thiophene rings is 1. The maximum atomic E-state index is 12.6. The summed E-state index contributed by atoms with van der Waals surface area (Å²) in [5, 5.41) is 4.80. The molecule has 1 saturated heterocycles. The largest absolute Gasteiger partial charge is 0.343 e. The number of hydrogen-bond acceptors (Lipinski definition) is 3. The van der Waals surface area contributed by atoms with E-state index in [0.717, 1.165) is 11.3 Å². The van der Waals surface area contributed by atoms with E-state index >= 15 is 0 Å². The molecule has 2 amide bonds. The van der Waals surface area contributed by atoms with Gasteiger partial charge < -0.3 is 10.2 Å². The highest BCUT2D eigenvalue weighted by molar-refractivity contribution is 7.10. The van der Waals surface area contributed by atoms with E-state index in [1.807, 2.05) is 31.4 Å². The molecule has 0 saturated carbocycles. The second-order valence-corrected chi connectivity index (χ2v) is 6.58. The van der Waals surface area contributed by atoms with Crippen LogP contribution in [0.15, 0.2) is 17.5 Å². The van der Waals surface area contributed by atoms with Gasteiger partial charge in [-0.15, -0.1) is 11.3 Å². The van der Waals surface area contributed by atoms with Crippen molar-refractivity contribution in [3.63, 3.8) is 0 Å². The summed E-state index contributed by atoms with van der Waals surface area (Å²) in [6.45, 7) is 7.79. The summed E-state index contributed by atoms with van der Waals surface area (Å²) in [5.74, 6) is 0.0751. The predicted molar refractivity (Wildman–Crippen MR) is 80.4 cm³/mol. The SMILES string of the molecule is CCC(c1cccs1)N1C(=O)C(C)NC(=O)C1C(C)C. The first-order valence-electron chi connectivity index (χ1n) is 7.13. The van der Waals surface area contributed by atoms with Gasteiger partial charge in [0.25, 0.3) is 0 Å². The first-order valence-corrected chi connectivity index (χ1v) is 8.01. The quantitative estimate of drug-likeness (QED) is 0.928. The first-order chi connectivity index (χ1) is 9.47. The van der Waals surface area contributed by atoms with Gasteiger partial charge in [0.1, 0.15) is 12.1 Å². The maximum absolute atomic E-state index is 12.6. The Morgan fingerprint density at radius 1 is 1.40 bits per heavy atom. The number of rotatable bonds is 4. The molecule has 5 heteroatoms. The van der Waals surface area contributed by atoms with E-state index in [2.05, 4.69) is 12.2 Å². The van der Waals surface area contributed by atoms with Crippen molar-refractivity contribution in [3.8, 4) is 0 Å². The van der Waals surface area contributed by atoms with Crippen LogP contribution in [0.4, 0.5) is 0 Å². The summed E-state index contributed by atoms with van der Waals surface area (Å²) in [7, 11) is 0. The summed E-state index contributed by atoms with van der Waals surface area (Å²) in [4.78, 5) is 27.8. The third-order valence-electron chi connectivity index (χ3n) is 3.78. The zero-order valence-electron chi connectivity index (χ0n) is 12.4. The van der Waals surface area contributed by atoms with Crippen LogP contribution in [0.5, 0.6) is 0 Å². The molecule has 2 rings (SSSR count). The van der Waals surface area contributed by atoms with E-state index < -0.39 is 6.04 Å². The molecule has 0 spiro atoms. The molecule has 3 atom stereocenters. The van der Waals surface area contributed by atoms with Crippen molar-refractivity contribution >= 4 is 23.2 Å².